The number of hydrogen-bond acceptors (Lipinski definition) is 2. The van der Waals surface area contributed by atoms with Crippen molar-refractivity contribution in [2.24, 2.45) is 7.05 Å². The number of nitrogens with one attached hydrogen (secondary N) is 1. The van der Waals surface area contributed by atoms with Gasteiger partial charge in [-0.3, -0.25) is 9.48 Å². The summed E-state index contributed by atoms with van der Waals surface area (Å²) in [5.41, 5.74) is 1.02. The van der Waals surface area contributed by atoms with Gasteiger partial charge in [-0.15, -0.1) is 0 Å². The molecule has 0 aliphatic heterocycles. The Labute approximate surface area is 121 Å². The zero-order valence-electron chi connectivity index (χ0n) is 11.7. The van der Waals surface area contributed by atoms with Crippen LogP contribution in [0.3, 0.4) is 0 Å². The molecule has 1 N–H and O–H groups in total. The lowest BCUT2D eigenvalue weighted by molar-refractivity contribution is -0.117. The van der Waals surface area contributed by atoms with E-state index in [1.807, 2.05) is 0 Å². The van der Waals surface area contributed by atoms with Crippen LogP contribution in [0.25, 0.3) is 6.08 Å². The first kappa shape index (κ1) is 14.9. The number of carbonyl (C=O) groups is 1. The number of nitrogens with zero attached hydrogens (tertiary/aromatic N) is 2. The van der Waals surface area contributed by atoms with Gasteiger partial charge in [-0.1, -0.05) is 6.07 Å². The van der Waals surface area contributed by atoms with Gasteiger partial charge in [0.2, 0.25) is 5.91 Å². The molecule has 21 heavy (non-hydrogen) atoms. The number of aryl methyl sites for hydroxylation is 1. The van der Waals surface area contributed by atoms with E-state index < -0.39 is 17.7 Å². The van der Waals surface area contributed by atoms with Gasteiger partial charge in [0.1, 0.15) is 11.6 Å². The van der Waals surface area contributed by atoms with Crippen LogP contribution in [0.15, 0.2) is 36.7 Å². The summed E-state index contributed by atoms with van der Waals surface area (Å²) < 4.78 is 28.0. The van der Waals surface area contributed by atoms with E-state index in [9.17, 15) is 13.6 Å². The van der Waals surface area contributed by atoms with Crippen molar-refractivity contribution in [3.8, 4) is 0 Å². The summed E-state index contributed by atoms with van der Waals surface area (Å²) in [6.07, 6.45) is 6.32. The van der Waals surface area contributed by atoms with Crippen LogP contribution >= 0.6 is 0 Å². The quantitative estimate of drug-likeness (QED) is 0.880. The van der Waals surface area contributed by atoms with E-state index in [1.54, 1.807) is 37.1 Å². The lowest BCUT2D eigenvalue weighted by Gasteiger charge is -2.13. The molecule has 0 saturated heterocycles. The lowest BCUT2D eigenvalue weighted by atomic mass is 10.1. The van der Waals surface area contributed by atoms with Crippen molar-refractivity contribution >= 4 is 12.0 Å². The molecule has 4 nitrogen and oxygen atoms in total. The van der Waals surface area contributed by atoms with Crippen LogP contribution in [0.2, 0.25) is 0 Å². The third-order valence-electron chi connectivity index (χ3n) is 2.94. The summed E-state index contributed by atoms with van der Waals surface area (Å²) in [6, 6.07) is 2.72. The number of hydrogen-bond donors (Lipinski definition) is 1. The maximum atomic E-state index is 13.6. The van der Waals surface area contributed by atoms with Crippen LogP contribution in [-0.2, 0) is 11.8 Å². The summed E-state index contributed by atoms with van der Waals surface area (Å²) in [6.45, 7) is 1.63. The Hall–Kier alpha value is -2.50. The van der Waals surface area contributed by atoms with Gasteiger partial charge in [-0.25, -0.2) is 8.78 Å². The molecule has 1 aromatic carbocycles. The molecular formula is C15H15F2N3O. The van der Waals surface area contributed by atoms with E-state index in [-0.39, 0.29) is 11.5 Å². The molecule has 2 aromatic rings. The largest absolute Gasteiger partial charge is 0.346 e. The van der Waals surface area contributed by atoms with Crippen molar-refractivity contribution in [2.45, 2.75) is 13.0 Å². The molecule has 0 spiro atoms. The fraction of sp³-hybridized carbons (Fsp3) is 0.200. The molecule has 1 atom stereocenters. The third-order valence-corrected chi connectivity index (χ3v) is 2.94. The first-order valence-electron chi connectivity index (χ1n) is 6.38. The monoisotopic (exact) mass is 291 g/mol. The summed E-state index contributed by atoms with van der Waals surface area (Å²) >= 11 is 0. The Morgan fingerprint density at radius 2 is 2.19 bits per heavy atom. The third kappa shape index (κ3) is 3.98. The van der Waals surface area contributed by atoms with Gasteiger partial charge in [0.15, 0.2) is 0 Å². The molecule has 6 heteroatoms. The number of benzene rings is 1. The zero-order valence-corrected chi connectivity index (χ0v) is 11.7. The molecule has 0 saturated carbocycles. The number of amides is 1. The van der Waals surface area contributed by atoms with Gasteiger partial charge in [0.05, 0.1) is 12.2 Å². The maximum absolute atomic E-state index is 13.6. The summed E-state index contributed by atoms with van der Waals surface area (Å²) in [5.74, 6) is -1.69. The Morgan fingerprint density at radius 3 is 2.81 bits per heavy atom. The fourth-order valence-corrected chi connectivity index (χ4v) is 1.89. The number of carbonyl (C=O) groups excluding carboxylic acids is 1. The number of rotatable bonds is 4. The van der Waals surface area contributed by atoms with Crippen LogP contribution in [-0.4, -0.2) is 15.7 Å². The average Bonchev–Trinajstić information content (AvgIpc) is 2.82. The average molecular weight is 291 g/mol. The van der Waals surface area contributed by atoms with Crippen LogP contribution in [0.1, 0.15) is 24.1 Å². The lowest BCUT2D eigenvalue weighted by Crippen LogP contribution is -2.25. The highest BCUT2D eigenvalue weighted by Crippen LogP contribution is 2.17. The predicted octanol–water partition coefficient (Wildman–Crippen LogP) is 2.59. The minimum Gasteiger partial charge on any atom is -0.346 e. The zero-order chi connectivity index (χ0) is 15.4. The molecule has 0 aliphatic carbocycles. The molecule has 1 heterocycles. The molecule has 1 amide bonds. The smallest absolute Gasteiger partial charge is 0.244 e. The van der Waals surface area contributed by atoms with Crippen molar-refractivity contribution in [1.29, 1.82) is 0 Å². The van der Waals surface area contributed by atoms with E-state index in [1.165, 1.54) is 12.1 Å². The van der Waals surface area contributed by atoms with Crippen molar-refractivity contribution < 1.29 is 13.6 Å². The van der Waals surface area contributed by atoms with Gasteiger partial charge in [-0.05, 0) is 19.1 Å². The summed E-state index contributed by atoms with van der Waals surface area (Å²) in [7, 11) is 1.77. The van der Waals surface area contributed by atoms with Gasteiger partial charge in [-0.2, -0.15) is 5.10 Å². The van der Waals surface area contributed by atoms with Crippen molar-refractivity contribution in [3.05, 3.63) is 59.4 Å². The highest BCUT2D eigenvalue weighted by molar-refractivity contribution is 5.91. The Morgan fingerprint density at radius 1 is 1.43 bits per heavy atom. The molecule has 1 aromatic heterocycles. The summed E-state index contributed by atoms with van der Waals surface area (Å²) in [4.78, 5) is 11.8. The second kappa shape index (κ2) is 6.30. The molecule has 0 radical (unpaired) electrons. The first-order chi connectivity index (χ1) is 9.95. The second-order valence-electron chi connectivity index (χ2n) is 4.68. The minimum atomic E-state index is -0.681. The fourth-order valence-electron chi connectivity index (χ4n) is 1.89. The standard InChI is InChI=1S/C15H15F2N3O/c1-10(13-5-4-12(16)7-14(13)17)19-15(21)6-3-11-8-18-20(2)9-11/h3-10H,1-2H3,(H,19,21)/b6-3+/t10-/m0/s1. The maximum Gasteiger partial charge on any atom is 0.244 e. The SMILES string of the molecule is C[C@H](NC(=O)/C=C/c1cnn(C)c1)c1ccc(F)cc1F. The minimum absolute atomic E-state index is 0.236. The molecule has 0 fully saturated rings. The van der Waals surface area contributed by atoms with Crippen molar-refractivity contribution in [3.63, 3.8) is 0 Å². The molecule has 0 unspecified atom stereocenters. The van der Waals surface area contributed by atoms with Crippen molar-refractivity contribution in [2.75, 3.05) is 0 Å². The van der Waals surface area contributed by atoms with E-state index in [4.69, 9.17) is 0 Å². The number of aromatic nitrogens is 2. The van der Waals surface area contributed by atoms with Crippen LogP contribution in [0.5, 0.6) is 0 Å². The summed E-state index contributed by atoms with van der Waals surface area (Å²) in [5, 5.41) is 6.59. The molecular weight excluding hydrogens is 276 g/mol. The highest BCUT2D eigenvalue weighted by Gasteiger charge is 2.12. The second-order valence-corrected chi connectivity index (χ2v) is 4.68. The Balaban J connectivity index is 2.00. The van der Waals surface area contributed by atoms with E-state index in [0.717, 1.165) is 17.7 Å². The van der Waals surface area contributed by atoms with Crippen molar-refractivity contribution in [1.82, 2.24) is 15.1 Å². The van der Waals surface area contributed by atoms with Crippen LogP contribution < -0.4 is 5.32 Å². The Kier molecular flexibility index (Phi) is 4.47. The van der Waals surface area contributed by atoms with Crippen LogP contribution in [0, 0.1) is 11.6 Å². The first-order valence-corrected chi connectivity index (χ1v) is 6.38. The molecule has 0 aliphatic rings. The van der Waals surface area contributed by atoms with Gasteiger partial charge in [0.25, 0.3) is 0 Å². The topological polar surface area (TPSA) is 46.9 Å². The van der Waals surface area contributed by atoms with Gasteiger partial charge < -0.3 is 5.32 Å². The molecule has 0 bridgehead atoms. The highest BCUT2D eigenvalue weighted by atomic mass is 19.1. The van der Waals surface area contributed by atoms with E-state index in [0.29, 0.717) is 0 Å². The molecule has 110 valence electrons. The van der Waals surface area contributed by atoms with Crippen LogP contribution in [0.4, 0.5) is 8.78 Å². The van der Waals surface area contributed by atoms with E-state index >= 15 is 0 Å². The predicted molar refractivity (Wildman–Crippen MR) is 75.2 cm³/mol. The van der Waals surface area contributed by atoms with Gasteiger partial charge in [0, 0.05) is 36.5 Å². The molecule has 2 rings (SSSR count). The number of halogens is 2. The van der Waals surface area contributed by atoms with Gasteiger partial charge >= 0.3 is 0 Å². The van der Waals surface area contributed by atoms with E-state index in [2.05, 4.69) is 10.4 Å². The normalized spacial score (nSPS) is 12.6. The Bertz CT molecular complexity index is 679.